The minimum atomic E-state index is 1.37. The Hall–Kier alpha value is 0. The lowest BCUT2D eigenvalue weighted by Crippen LogP contribution is -1.85. The van der Waals surface area contributed by atoms with Gasteiger partial charge in [0, 0.05) is 0 Å². The molecule has 0 unspecified atom stereocenters. The average molecular weight is 660 g/mol. The van der Waals surface area contributed by atoms with Gasteiger partial charge >= 0.3 is 0 Å². The lowest BCUT2D eigenvalue weighted by atomic mass is 10.0. The van der Waals surface area contributed by atoms with E-state index >= 15 is 0 Å². The Morgan fingerprint density at radius 2 is 0.298 bits per heavy atom. The zero-order chi connectivity index (χ0) is 33.8. The normalized spacial score (nSPS) is 11.6. The molecular formula is C47H95. The highest BCUT2D eigenvalue weighted by Gasteiger charge is 1.98. The molecule has 1 radical (unpaired) electrons. The van der Waals surface area contributed by atoms with E-state index < -0.39 is 0 Å². The summed E-state index contributed by atoms with van der Waals surface area (Å²) in [5, 5.41) is 0. The molecule has 0 nitrogen and oxygen atoms in total. The maximum Gasteiger partial charge on any atom is -0.0386 e. The molecule has 0 N–H and O–H groups in total. The molecule has 283 valence electrons. The van der Waals surface area contributed by atoms with E-state index in [1.807, 2.05) is 0 Å². The zero-order valence-electron chi connectivity index (χ0n) is 33.7. The molecule has 0 saturated carbocycles. The van der Waals surface area contributed by atoms with Gasteiger partial charge in [0.1, 0.15) is 0 Å². The van der Waals surface area contributed by atoms with Gasteiger partial charge in [-0.15, -0.1) is 0 Å². The largest absolute Gasteiger partial charge is 0.0654 e. The first kappa shape index (κ1) is 47.0. The smallest absolute Gasteiger partial charge is 0.0386 e. The second-order valence-electron chi connectivity index (χ2n) is 16.0. The molecule has 0 spiro atoms. The van der Waals surface area contributed by atoms with Gasteiger partial charge in [-0.05, 0) is 6.42 Å². The van der Waals surface area contributed by atoms with E-state index in [0.29, 0.717) is 0 Å². The predicted molar refractivity (Wildman–Crippen MR) is 219 cm³/mol. The Morgan fingerprint density at radius 1 is 0.170 bits per heavy atom. The molecule has 0 rings (SSSR count). The van der Waals surface area contributed by atoms with Gasteiger partial charge in [-0.1, -0.05) is 296 Å². The molecule has 0 aliphatic carbocycles. The first-order chi connectivity index (χ1) is 23.4. The summed E-state index contributed by atoms with van der Waals surface area (Å²) in [5.41, 5.74) is 0. The van der Waals surface area contributed by atoms with Gasteiger partial charge in [0.25, 0.3) is 0 Å². The maximum atomic E-state index is 2.60. The molecule has 0 aliphatic heterocycles. The first-order valence-electron chi connectivity index (χ1n) is 23.2. The summed E-state index contributed by atoms with van der Waals surface area (Å²) in [6.45, 7) is 4.62. The van der Waals surface area contributed by atoms with Crippen LogP contribution >= 0.6 is 0 Å². The van der Waals surface area contributed by atoms with Crippen LogP contribution in [0, 0.1) is 6.42 Å². The standard InChI is InChI=1S/C47H95/c1-3-5-7-9-11-13-15-17-19-21-23-25-27-29-31-33-35-37-39-41-43-45-47-46-44-42-40-38-36-34-32-30-28-26-24-22-20-18-16-14-12-10-8-6-4-2/h47H,3-46H2,1-2H3. The topological polar surface area (TPSA) is 0 Å². The molecule has 0 fully saturated rings. The monoisotopic (exact) mass is 660 g/mol. The van der Waals surface area contributed by atoms with Crippen molar-refractivity contribution in [2.45, 2.75) is 296 Å². The van der Waals surface area contributed by atoms with Crippen molar-refractivity contribution in [2.24, 2.45) is 0 Å². The third kappa shape index (κ3) is 46.0. The van der Waals surface area contributed by atoms with E-state index in [9.17, 15) is 0 Å². The highest BCUT2D eigenvalue weighted by atomic mass is 14.0. The van der Waals surface area contributed by atoms with Gasteiger partial charge < -0.3 is 0 Å². The first-order valence-corrected chi connectivity index (χ1v) is 23.2. The second-order valence-corrected chi connectivity index (χ2v) is 16.0. The van der Waals surface area contributed by atoms with Crippen LogP contribution in [-0.4, -0.2) is 0 Å². The molecule has 0 aromatic heterocycles. The molecular weight excluding hydrogens is 565 g/mol. The second kappa shape index (κ2) is 46.0. The van der Waals surface area contributed by atoms with Crippen LogP contribution in [0.5, 0.6) is 0 Å². The molecule has 47 heavy (non-hydrogen) atoms. The molecule has 0 aliphatic rings. The van der Waals surface area contributed by atoms with Crippen LogP contribution in [0.3, 0.4) is 0 Å². The van der Waals surface area contributed by atoms with Crippen molar-refractivity contribution in [2.75, 3.05) is 0 Å². The Morgan fingerprint density at radius 3 is 0.447 bits per heavy atom. The van der Waals surface area contributed by atoms with Crippen LogP contribution in [-0.2, 0) is 0 Å². The molecule has 0 bridgehead atoms. The summed E-state index contributed by atoms with van der Waals surface area (Å²) >= 11 is 0. The van der Waals surface area contributed by atoms with E-state index in [1.165, 1.54) is 283 Å². The number of unbranched alkanes of at least 4 members (excludes halogenated alkanes) is 44. The molecule has 0 aromatic carbocycles. The van der Waals surface area contributed by atoms with E-state index in [0.717, 1.165) is 0 Å². The van der Waals surface area contributed by atoms with Crippen molar-refractivity contribution >= 4 is 0 Å². The Balaban J connectivity index is 3.03. The summed E-state index contributed by atoms with van der Waals surface area (Å²) in [4.78, 5) is 0. The summed E-state index contributed by atoms with van der Waals surface area (Å²) in [7, 11) is 0. The van der Waals surface area contributed by atoms with Crippen molar-refractivity contribution in [3.63, 3.8) is 0 Å². The van der Waals surface area contributed by atoms with Crippen LogP contribution < -0.4 is 0 Å². The van der Waals surface area contributed by atoms with Crippen molar-refractivity contribution < 1.29 is 0 Å². The fourth-order valence-corrected chi connectivity index (χ4v) is 7.59. The van der Waals surface area contributed by atoms with Crippen molar-refractivity contribution in [1.82, 2.24) is 0 Å². The number of rotatable bonds is 44. The van der Waals surface area contributed by atoms with Gasteiger partial charge in [-0.25, -0.2) is 0 Å². The third-order valence-corrected chi connectivity index (χ3v) is 11.0. The third-order valence-electron chi connectivity index (χ3n) is 11.0. The molecule has 0 atom stereocenters. The predicted octanol–water partition coefficient (Wildman–Crippen LogP) is 18.4. The summed E-state index contributed by atoms with van der Waals surface area (Å²) in [6.07, 6.45) is 67.4. The molecule has 0 saturated heterocycles. The van der Waals surface area contributed by atoms with Gasteiger partial charge in [0.05, 0.1) is 0 Å². The fourth-order valence-electron chi connectivity index (χ4n) is 7.59. The van der Waals surface area contributed by atoms with Crippen molar-refractivity contribution in [3.8, 4) is 0 Å². The number of hydrogen-bond acceptors (Lipinski definition) is 0. The van der Waals surface area contributed by atoms with Gasteiger partial charge in [0.2, 0.25) is 0 Å². The quantitative estimate of drug-likeness (QED) is 0.0571. The van der Waals surface area contributed by atoms with E-state index in [4.69, 9.17) is 0 Å². The summed E-state index contributed by atoms with van der Waals surface area (Å²) < 4.78 is 0. The van der Waals surface area contributed by atoms with Gasteiger partial charge in [-0.2, -0.15) is 0 Å². The minimum absolute atomic E-state index is 1.37. The lowest BCUT2D eigenvalue weighted by Gasteiger charge is -2.05. The van der Waals surface area contributed by atoms with E-state index in [-0.39, 0.29) is 0 Å². The Labute approximate surface area is 302 Å². The highest BCUT2D eigenvalue weighted by Crippen LogP contribution is 2.18. The van der Waals surface area contributed by atoms with Crippen LogP contribution in [0.15, 0.2) is 0 Å². The maximum absolute atomic E-state index is 2.60. The Kier molecular flexibility index (Phi) is 46.0. The highest BCUT2D eigenvalue weighted by molar-refractivity contribution is 4.65. The Bertz CT molecular complexity index is 450. The molecule has 0 heterocycles. The zero-order valence-corrected chi connectivity index (χ0v) is 33.7. The van der Waals surface area contributed by atoms with Crippen molar-refractivity contribution in [3.05, 3.63) is 6.42 Å². The van der Waals surface area contributed by atoms with E-state index in [2.05, 4.69) is 20.3 Å². The molecule has 0 heteroatoms. The van der Waals surface area contributed by atoms with Crippen LogP contribution in [0.2, 0.25) is 0 Å². The summed E-state index contributed by atoms with van der Waals surface area (Å²) in [6, 6.07) is 0. The fraction of sp³-hybridized carbons (Fsp3) is 0.979. The van der Waals surface area contributed by atoms with Crippen LogP contribution in [0.1, 0.15) is 296 Å². The van der Waals surface area contributed by atoms with E-state index in [1.54, 1.807) is 0 Å². The van der Waals surface area contributed by atoms with Crippen molar-refractivity contribution in [1.29, 1.82) is 0 Å². The SMILES string of the molecule is CCCCCCCCCCCCCCCCCCCCCCC[CH]CCCCCCCCCCCCCCCCCCCCCCC. The van der Waals surface area contributed by atoms with Crippen LogP contribution in [0.25, 0.3) is 0 Å². The average Bonchev–Trinajstić information content (AvgIpc) is 3.08. The minimum Gasteiger partial charge on any atom is -0.0654 e. The number of hydrogen-bond donors (Lipinski definition) is 0. The molecule has 0 amide bonds. The van der Waals surface area contributed by atoms with Crippen LogP contribution in [0.4, 0.5) is 0 Å². The molecule has 0 aromatic rings. The lowest BCUT2D eigenvalue weighted by molar-refractivity contribution is 0.518. The summed E-state index contributed by atoms with van der Waals surface area (Å²) in [5.74, 6) is 0. The van der Waals surface area contributed by atoms with Gasteiger partial charge in [0.15, 0.2) is 0 Å². The van der Waals surface area contributed by atoms with Gasteiger partial charge in [-0.3, -0.25) is 0 Å².